The second-order valence-corrected chi connectivity index (χ2v) is 4.73. The van der Waals surface area contributed by atoms with Gasteiger partial charge in [-0.05, 0) is 24.6 Å². The van der Waals surface area contributed by atoms with Crippen LogP contribution in [-0.4, -0.2) is 31.6 Å². The van der Waals surface area contributed by atoms with Crippen molar-refractivity contribution in [2.75, 3.05) is 19.0 Å². The Bertz CT molecular complexity index is 480. The number of unbranched alkanes of at least 4 members (excludes halogenated alkanes) is 1. The molecule has 6 heteroatoms. The minimum atomic E-state index is -0.821. The molecule has 0 fully saturated rings. The van der Waals surface area contributed by atoms with Gasteiger partial charge in [0.05, 0.1) is 12.6 Å². The number of carbonyl (C=O) groups excluding carboxylic acids is 2. The van der Waals surface area contributed by atoms with E-state index in [-0.39, 0.29) is 11.7 Å². The SMILES string of the molecule is CCCC[C@H](COC)NC(=O)C(=O)Nc1cccc(F)c1. The Morgan fingerprint density at radius 1 is 1.33 bits per heavy atom. The third-order valence-corrected chi connectivity index (χ3v) is 2.90. The zero-order valence-corrected chi connectivity index (χ0v) is 12.3. The summed E-state index contributed by atoms with van der Waals surface area (Å²) >= 11 is 0. The van der Waals surface area contributed by atoms with Gasteiger partial charge in [-0.3, -0.25) is 9.59 Å². The molecule has 0 aliphatic rings. The van der Waals surface area contributed by atoms with Crippen LogP contribution in [0.25, 0.3) is 0 Å². The van der Waals surface area contributed by atoms with Gasteiger partial charge in [0.15, 0.2) is 0 Å². The van der Waals surface area contributed by atoms with E-state index in [4.69, 9.17) is 4.74 Å². The molecule has 0 aliphatic heterocycles. The molecule has 21 heavy (non-hydrogen) atoms. The summed E-state index contributed by atoms with van der Waals surface area (Å²) < 4.78 is 18.0. The van der Waals surface area contributed by atoms with Gasteiger partial charge in [0, 0.05) is 12.8 Å². The lowest BCUT2D eigenvalue weighted by Gasteiger charge is -2.17. The summed E-state index contributed by atoms with van der Waals surface area (Å²) in [5.41, 5.74) is 0.243. The normalized spacial score (nSPS) is 11.8. The van der Waals surface area contributed by atoms with Crippen LogP contribution in [0.3, 0.4) is 0 Å². The van der Waals surface area contributed by atoms with E-state index in [2.05, 4.69) is 10.6 Å². The highest BCUT2D eigenvalue weighted by Crippen LogP contribution is 2.09. The van der Waals surface area contributed by atoms with Crippen LogP contribution < -0.4 is 10.6 Å². The molecule has 1 rings (SSSR count). The molecule has 5 nitrogen and oxygen atoms in total. The summed E-state index contributed by atoms with van der Waals surface area (Å²) in [6.07, 6.45) is 2.66. The number of carbonyl (C=O) groups is 2. The molecular formula is C15H21FN2O3. The van der Waals surface area contributed by atoms with Crippen molar-refractivity contribution in [2.45, 2.75) is 32.2 Å². The molecule has 0 radical (unpaired) electrons. The largest absolute Gasteiger partial charge is 0.383 e. The summed E-state index contributed by atoms with van der Waals surface area (Å²) in [6, 6.07) is 5.17. The maximum absolute atomic E-state index is 13.0. The number of rotatable bonds is 7. The minimum absolute atomic E-state index is 0.208. The topological polar surface area (TPSA) is 67.4 Å². The predicted molar refractivity (Wildman–Crippen MR) is 78.4 cm³/mol. The third kappa shape index (κ3) is 6.35. The van der Waals surface area contributed by atoms with Crippen molar-refractivity contribution in [3.63, 3.8) is 0 Å². The first-order valence-corrected chi connectivity index (χ1v) is 6.93. The van der Waals surface area contributed by atoms with E-state index in [9.17, 15) is 14.0 Å². The van der Waals surface area contributed by atoms with Crippen LogP contribution in [0.4, 0.5) is 10.1 Å². The maximum Gasteiger partial charge on any atom is 0.313 e. The summed E-state index contributed by atoms with van der Waals surface area (Å²) in [5, 5.41) is 4.97. The number of hydrogen-bond acceptors (Lipinski definition) is 3. The molecule has 0 saturated heterocycles. The lowest BCUT2D eigenvalue weighted by atomic mass is 10.1. The standard InChI is InChI=1S/C15H21FN2O3/c1-3-4-7-13(10-21-2)18-15(20)14(19)17-12-8-5-6-11(16)9-12/h5-6,8-9,13H,3-4,7,10H2,1-2H3,(H,17,19)(H,18,20)/t13-/m1/s1. The van der Waals surface area contributed by atoms with Gasteiger partial charge in [-0.2, -0.15) is 0 Å². The van der Waals surface area contributed by atoms with Crippen LogP contribution >= 0.6 is 0 Å². The Morgan fingerprint density at radius 2 is 2.10 bits per heavy atom. The lowest BCUT2D eigenvalue weighted by molar-refractivity contribution is -0.136. The third-order valence-electron chi connectivity index (χ3n) is 2.90. The van der Waals surface area contributed by atoms with Crippen molar-refractivity contribution < 1.29 is 18.7 Å². The number of halogens is 1. The highest BCUT2D eigenvalue weighted by atomic mass is 19.1. The molecule has 0 unspecified atom stereocenters. The lowest BCUT2D eigenvalue weighted by Crippen LogP contribution is -2.43. The zero-order valence-electron chi connectivity index (χ0n) is 12.3. The Balaban J connectivity index is 2.54. The fourth-order valence-corrected chi connectivity index (χ4v) is 1.85. The van der Waals surface area contributed by atoms with E-state index in [0.29, 0.717) is 6.61 Å². The van der Waals surface area contributed by atoms with E-state index < -0.39 is 17.6 Å². The van der Waals surface area contributed by atoms with Crippen molar-refractivity contribution in [2.24, 2.45) is 0 Å². The molecule has 116 valence electrons. The number of ether oxygens (including phenoxy) is 1. The Morgan fingerprint density at radius 3 is 2.71 bits per heavy atom. The van der Waals surface area contributed by atoms with Crippen LogP contribution in [0.1, 0.15) is 26.2 Å². The van der Waals surface area contributed by atoms with Crippen molar-refractivity contribution in [1.82, 2.24) is 5.32 Å². The quantitative estimate of drug-likeness (QED) is 0.757. The van der Waals surface area contributed by atoms with Crippen LogP contribution in [0, 0.1) is 5.82 Å². The van der Waals surface area contributed by atoms with E-state index in [1.54, 1.807) is 0 Å². The molecule has 0 aromatic heterocycles. The average Bonchev–Trinajstić information content (AvgIpc) is 2.44. The molecule has 0 spiro atoms. The van der Waals surface area contributed by atoms with Crippen molar-refractivity contribution in [3.05, 3.63) is 30.1 Å². The molecular weight excluding hydrogens is 275 g/mol. The molecule has 0 heterocycles. The molecule has 0 saturated carbocycles. The van der Waals surface area contributed by atoms with Gasteiger partial charge in [-0.25, -0.2) is 4.39 Å². The molecule has 2 amide bonds. The van der Waals surface area contributed by atoms with Gasteiger partial charge in [-0.1, -0.05) is 25.8 Å². The number of benzene rings is 1. The molecule has 1 aromatic carbocycles. The van der Waals surface area contributed by atoms with Crippen molar-refractivity contribution in [1.29, 1.82) is 0 Å². The zero-order chi connectivity index (χ0) is 15.7. The first kappa shape index (κ1) is 17.1. The predicted octanol–water partition coefficient (Wildman–Crippen LogP) is 2.09. The fourth-order valence-electron chi connectivity index (χ4n) is 1.85. The van der Waals surface area contributed by atoms with Crippen molar-refractivity contribution >= 4 is 17.5 Å². The second-order valence-electron chi connectivity index (χ2n) is 4.73. The molecule has 1 aromatic rings. The first-order chi connectivity index (χ1) is 10.1. The van der Waals surface area contributed by atoms with Gasteiger partial charge >= 0.3 is 11.8 Å². The van der Waals surface area contributed by atoms with Crippen molar-refractivity contribution in [3.8, 4) is 0 Å². The molecule has 1 atom stereocenters. The Hall–Kier alpha value is -1.95. The first-order valence-electron chi connectivity index (χ1n) is 6.93. The van der Waals surface area contributed by atoms with Gasteiger partial charge in [0.2, 0.25) is 0 Å². The van der Waals surface area contributed by atoms with E-state index in [0.717, 1.165) is 25.3 Å². The number of anilines is 1. The van der Waals surface area contributed by atoms with Crippen LogP contribution in [0.2, 0.25) is 0 Å². The van der Waals surface area contributed by atoms with Crippen LogP contribution in [0.15, 0.2) is 24.3 Å². The smallest absolute Gasteiger partial charge is 0.313 e. The van der Waals surface area contributed by atoms with E-state index in [1.807, 2.05) is 6.92 Å². The number of methoxy groups -OCH3 is 1. The van der Waals surface area contributed by atoms with E-state index in [1.165, 1.54) is 25.3 Å². The van der Waals surface area contributed by atoms with E-state index >= 15 is 0 Å². The molecule has 0 aliphatic carbocycles. The van der Waals surface area contributed by atoms with Gasteiger partial charge in [0.1, 0.15) is 5.82 Å². The summed E-state index contributed by atoms with van der Waals surface area (Å²) in [7, 11) is 1.54. The van der Waals surface area contributed by atoms with Gasteiger partial charge < -0.3 is 15.4 Å². The fraction of sp³-hybridized carbons (Fsp3) is 0.467. The maximum atomic E-state index is 13.0. The highest BCUT2D eigenvalue weighted by Gasteiger charge is 2.18. The number of nitrogens with one attached hydrogen (secondary N) is 2. The minimum Gasteiger partial charge on any atom is -0.383 e. The Kier molecular flexibility index (Phi) is 7.39. The van der Waals surface area contributed by atoms with Gasteiger partial charge in [0.25, 0.3) is 0 Å². The van der Waals surface area contributed by atoms with Crippen LogP contribution in [0.5, 0.6) is 0 Å². The Labute approximate surface area is 123 Å². The average molecular weight is 296 g/mol. The highest BCUT2D eigenvalue weighted by molar-refractivity contribution is 6.39. The molecule has 2 N–H and O–H groups in total. The van der Waals surface area contributed by atoms with Gasteiger partial charge in [-0.15, -0.1) is 0 Å². The number of amides is 2. The monoisotopic (exact) mass is 296 g/mol. The number of hydrogen-bond donors (Lipinski definition) is 2. The molecule has 0 bridgehead atoms. The van der Waals surface area contributed by atoms with Crippen LogP contribution in [-0.2, 0) is 14.3 Å². The summed E-state index contributed by atoms with van der Waals surface area (Å²) in [4.78, 5) is 23.6. The second kappa shape index (κ2) is 9.07. The summed E-state index contributed by atoms with van der Waals surface area (Å²) in [6.45, 7) is 2.39. The summed E-state index contributed by atoms with van der Waals surface area (Å²) in [5.74, 6) is -2.05.